The van der Waals surface area contributed by atoms with Gasteiger partial charge in [-0.25, -0.2) is 0 Å². The fraction of sp³-hybridized carbons (Fsp3) is 0.500. The Morgan fingerprint density at radius 2 is 2.11 bits per heavy atom. The van der Waals surface area contributed by atoms with Crippen molar-refractivity contribution in [3.05, 3.63) is 23.8 Å². The summed E-state index contributed by atoms with van der Waals surface area (Å²) in [7, 11) is 0. The second kappa shape index (κ2) is 5.29. The highest BCUT2D eigenvalue weighted by molar-refractivity contribution is 5.67. The summed E-state index contributed by atoms with van der Waals surface area (Å²) >= 11 is 0. The predicted octanol–water partition coefficient (Wildman–Crippen LogP) is 2.27. The zero-order chi connectivity index (χ0) is 13.1. The van der Waals surface area contributed by atoms with Gasteiger partial charge in [0.25, 0.3) is 0 Å². The minimum atomic E-state index is -0.684. The van der Waals surface area contributed by atoms with Crippen LogP contribution in [0.1, 0.15) is 24.8 Å². The molecule has 0 saturated carbocycles. The van der Waals surface area contributed by atoms with Gasteiger partial charge in [-0.05, 0) is 49.4 Å². The Morgan fingerprint density at radius 1 is 1.44 bits per heavy atom. The Balaban J connectivity index is 1.96. The lowest BCUT2D eigenvalue weighted by molar-refractivity contribution is -0.138. The third-order valence-corrected chi connectivity index (χ3v) is 3.70. The third kappa shape index (κ3) is 2.94. The molecule has 18 heavy (non-hydrogen) atoms. The molecule has 0 unspecified atom stereocenters. The molecule has 3 N–H and O–H groups in total. The van der Waals surface area contributed by atoms with Crippen LogP contribution < -0.4 is 10.6 Å². The van der Waals surface area contributed by atoms with Crippen LogP contribution in [0.15, 0.2) is 18.2 Å². The van der Waals surface area contributed by atoms with Crippen LogP contribution in [0.5, 0.6) is 0 Å². The van der Waals surface area contributed by atoms with Gasteiger partial charge in [0.1, 0.15) is 0 Å². The van der Waals surface area contributed by atoms with Crippen LogP contribution in [0.2, 0.25) is 0 Å². The van der Waals surface area contributed by atoms with Gasteiger partial charge in [0, 0.05) is 30.9 Å². The number of carboxylic acid groups (broad SMARTS) is 1. The number of aliphatic carboxylic acids is 1. The quantitative estimate of drug-likeness (QED) is 0.805. The summed E-state index contributed by atoms with van der Waals surface area (Å²) in [5.74, 6) is -0.356. The largest absolute Gasteiger partial charge is 0.481 e. The van der Waals surface area contributed by atoms with E-state index in [4.69, 9.17) is 10.8 Å². The van der Waals surface area contributed by atoms with Gasteiger partial charge in [-0.1, -0.05) is 0 Å². The number of nitrogen functional groups attached to an aromatic ring is 1. The van der Waals surface area contributed by atoms with Crippen LogP contribution in [0.4, 0.5) is 11.4 Å². The second-order valence-corrected chi connectivity index (χ2v) is 5.07. The van der Waals surface area contributed by atoms with Crippen LogP contribution in [0.3, 0.4) is 0 Å². The number of aryl methyl sites for hydroxylation is 1. The lowest BCUT2D eigenvalue weighted by Gasteiger charge is -2.33. The van der Waals surface area contributed by atoms with E-state index in [2.05, 4.69) is 11.0 Å². The molecule has 0 radical (unpaired) electrons. The number of carbonyl (C=O) groups is 1. The molecule has 4 nitrogen and oxygen atoms in total. The standard InChI is InChI=1S/C14H20N2O2/c1-10-8-12(2-3-13(10)15)16-6-4-11(5-7-16)9-14(17)18/h2-3,8,11H,4-7,9,15H2,1H3,(H,17,18). The highest BCUT2D eigenvalue weighted by atomic mass is 16.4. The van der Waals surface area contributed by atoms with Crippen LogP contribution in [0, 0.1) is 12.8 Å². The van der Waals surface area contributed by atoms with Crippen molar-refractivity contribution < 1.29 is 9.90 Å². The molecule has 0 aromatic heterocycles. The minimum absolute atomic E-state index is 0.300. The Bertz CT molecular complexity index is 437. The molecular formula is C14H20N2O2. The zero-order valence-corrected chi connectivity index (χ0v) is 10.7. The maximum Gasteiger partial charge on any atom is 0.303 e. The van der Waals surface area contributed by atoms with Crippen molar-refractivity contribution in [3.63, 3.8) is 0 Å². The number of anilines is 2. The van der Waals surface area contributed by atoms with Crippen molar-refractivity contribution in [2.24, 2.45) is 5.92 Å². The summed E-state index contributed by atoms with van der Waals surface area (Å²) in [6.07, 6.45) is 2.21. The van der Waals surface area contributed by atoms with E-state index in [0.717, 1.165) is 37.2 Å². The maximum absolute atomic E-state index is 10.7. The smallest absolute Gasteiger partial charge is 0.303 e. The number of rotatable bonds is 3. The molecule has 0 amide bonds. The summed E-state index contributed by atoms with van der Waals surface area (Å²) in [6.45, 7) is 3.87. The van der Waals surface area contributed by atoms with Gasteiger partial charge in [0.2, 0.25) is 0 Å². The van der Waals surface area contributed by atoms with Crippen molar-refractivity contribution in [2.45, 2.75) is 26.2 Å². The topological polar surface area (TPSA) is 66.6 Å². The monoisotopic (exact) mass is 248 g/mol. The van der Waals surface area contributed by atoms with E-state index in [-0.39, 0.29) is 0 Å². The highest BCUT2D eigenvalue weighted by Crippen LogP contribution is 2.27. The molecule has 1 aliphatic rings. The Labute approximate surface area is 107 Å². The molecule has 2 rings (SSSR count). The fourth-order valence-electron chi connectivity index (χ4n) is 2.50. The van der Waals surface area contributed by atoms with Crippen LogP contribution in [-0.4, -0.2) is 24.2 Å². The molecule has 0 aliphatic carbocycles. The molecular weight excluding hydrogens is 228 g/mol. The van der Waals surface area contributed by atoms with Crippen LogP contribution in [0.25, 0.3) is 0 Å². The van der Waals surface area contributed by atoms with Crippen molar-refractivity contribution in [2.75, 3.05) is 23.7 Å². The van der Waals surface area contributed by atoms with Crippen molar-refractivity contribution >= 4 is 17.3 Å². The first kappa shape index (κ1) is 12.7. The average molecular weight is 248 g/mol. The summed E-state index contributed by atoms with van der Waals surface area (Å²) in [4.78, 5) is 13.0. The number of hydrogen-bond donors (Lipinski definition) is 2. The Hall–Kier alpha value is -1.71. The van der Waals surface area contributed by atoms with Crippen molar-refractivity contribution in [1.29, 1.82) is 0 Å². The van der Waals surface area contributed by atoms with Crippen molar-refractivity contribution in [1.82, 2.24) is 0 Å². The van der Waals surface area contributed by atoms with E-state index in [0.29, 0.717) is 12.3 Å². The first-order valence-corrected chi connectivity index (χ1v) is 6.39. The van der Waals surface area contributed by atoms with E-state index >= 15 is 0 Å². The summed E-state index contributed by atoms with van der Waals surface area (Å²) in [5, 5.41) is 8.79. The SMILES string of the molecule is Cc1cc(N2CCC(CC(=O)O)CC2)ccc1N. The zero-order valence-electron chi connectivity index (χ0n) is 10.7. The number of carboxylic acids is 1. The predicted molar refractivity (Wildman–Crippen MR) is 72.8 cm³/mol. The van der Waals surface area contributed by atoms with Crippen molar-refractivity contribution in [3.8, 4) is 0 Å². The van der Waals surface area contributed by atoms with Gasteiger partial charge < -0.3 is 15.7 Å². The molecule has 98 valence electrons. The molecule has 0 atom stereocenters. The van der Waals surface area contributed by atoms with Crippen LogP contribution >= 0.6 is 0 Å². The molecule has 1 aliphatic heterocycles. The molecule has 1 saturated heterocycles. The summed E-state index contributed by atoms with van der Waals surface area (Å²) in [6, 6.07) is 6.08. The molecule has 1 aromatic rings. The first-order chi connectivity index (χ1) is 8.56. The summed E-state index contributed by atoms with van der Waals surface area (Å²) < 4.78 is 0. The number of benzene rings is 1. The third-order valence-electron chi connectivity index (χ3n) is 3.70. The maximum atomic E-state index is 10.7. The normalized spacial score (nSPS) is 16.8. The molecule has 1 heterocycles. The van der Waals surface area contributed by atoms with E-state index in [1.54, 1.807) is 0 Å². The molecule has 0 bridgehead atoms. The molecule has 1 fully saturated rings. The molecule has 4 heteroatoms. The minimum Gasteiger partial charge on any atom is -0.481 e. The van der Waals surface area contributed by atoms with Gasteiger partial charge in [-0.15, -0.1) is 0 Å². The number of nitrogens with zero attached hydrogens (tertiary/aromatic N) is 1. The second-order valence-electron chi connectivity index (χ2n) is 5.07. The highest BCUT2D eigenvalue weighted by Gasteiger charge is 2.21. The Kier molecular flexibility index (Phi) is 3.75. The van der Waals surface area contributed by atoms with Crippen LogP contribution in [-0.2, 0) is 4.79 Å². The van der Waals surface area contributed by atoms with E-state index in [1.165, 1.54) is 5.69 Å². The average Bonchev–Trinajstić information content (AvgIpc) is 2.33. The van der Waals surface area contributed by atoms with Gasteiger partial charge in [0.15, 0.2) is 0 Å². The molecule has 0 spiro atoms. The van der Waals surface area contributed by atoms with Gasteiger partial charge in [0.05, 0.1) is 0 Å². The Morgan fingerprint density at radius 3 is 2.67 bits per heavy atom. The summed E-state index contributed by atoms with van der Waals surface area (Å²) in [5.41, 5.74) is 8.92. The van der Waals surface area contributed by atoms with E-state index in [1.807, 2.05) is 19.1 Å². The van der Waals surface area contributed by atoms with Gasteiger partial charge >= 0.3 is 5.97 Å². The van der Waals surface area contributed by atoms with E-state index in [9.17, 15) is 4.79 Å². The lowest BCUT2D eigenvalue weighted by atomic mass is 9.93. The lowest BCUT2D eigenvalue weighted by Crippen LogP contribution is -2.34. The molecule has 1 aromatic carbocycles. The number of piperidine rings is 1. The van der Waals surface area contributed by atoms with Gasteiger partial charge in [-0.2, -0.15) is 0 Å². The first-order valence-electron chi connectivity index (χ1n) is 6.39. The number of nitrogens with two attached hydrogens (primary N) is 1. The van der Waals surface area contributed by atoms with E-state index < -0.39 is 5.97 Å². The van der Waals surface area contributed by atoms with Gasteiger partial charge in [-0.3, -0.25) is 4.79 Å². The number of hydrogen-bond acceptors (Lipinski definition) is 3. The fourth-order valence-corrected chi connectivity index (χ4v) is 2.50.